The third-order valence-corrected chi connectivity index (χ3v) is 6.63. The molecule has 8 nitrogen and oxygen atoms in total. The van der Waals surface area contributed by atoms with E-state index in [0.717, 1.165) is 5.56 Å². The third-order valence-electron chi connectivity index (χ3n) is 5.51. The number of carboxylic acid groups (broad SMARTS) is 1. The number of nitrogens with two attached hydrogens (primary N) is 1. The van der Waals surface area contributed by atoms with Gasteiger partial charge in [0, 0.05) is 29.5 Å². The van der Waals surface area contributed by atoms with Crippen LogP contribution in [0, 0.1) is 0 Å². The average Bonchev–Trinajstić information content (AvgIpc) is 2.93. The summed E-state index contributed by atoms with van der Waals surface area (Å²) in [5.41, 5.74) is 8.71. The van der Waals surface area contributed by atoms with Gasteiger partial charge in [-0.2, -0.15) is 24.4 Å². The van der Waals surface area contributed by atoms with Crippen molar-refractivity contribution in [2.75, 3.05) is 29.6 Å². The van der Waals surface area contributed by atoms with E-state index in [1.807, 2.05) is 54.8 Å². The molecule has 1 heterocycles. The van der Waals surface area contributed by atoms with Crippen molar-refractivity contribution in [3.05, 3.63) is 78.4 Å². The van der Waals surface area contributed by atoms with Gasteiger partial charge in [0.15, 0.2) is 0 Å². The lowest BCUT2D eigenvalue weighted by Gasteiger charge is -2.23. The molecule has 0 radical (unpaired) electrons. The predicted molar refractivity (Wildman–Crippen MR) is 152 cm³/mol. The van der Waals surface area contributed by atoms with Crippen LogP contribution in [0.3, 0.4) is 0 Å². The van der Waals surface area contributed by atoms with Crippen molar-refractivity contribution in [2.24, 2.45) is 5.73 Å². The van der Waals surface area contributed by atoms with Crippen LogP contribution >= 0.6 is 24.4 Å². The SMILES string of the molecule is CSCC[C@H](NC(=O)[C@@H](Oc1nc(-c2ccccc2)ccc1NCC(N)CS)c1ccccc1)C(=O)O. The largest absolute Gasteiger partial charge is 0.480 e. The summed E-state index contributed by atoms with van der Waals surface area (Å²) in [4.78, 5) is 29.9. The summed E-state index contributed by atoms with van der Waals surface area (Å²) < 4.78 is 6.26. The number of nitrogens with one attached hydrogen (secondary N) is 2. The Hall–Kier alpha value is -3.21. The number of aliphatic carboxylic acids is 1. The Bertz CT molecular complexity index is 1150. The second-order valence-corrected chi connectivity index (χ2v) is 9.68. The summed E-state index contributed by atoms with van der Waals surface area (Å²) in [5, 5.41) is 15.5. The van der Waals surface area contributed by atoms with Crippen molar-refractivity contribution >= 4 is 42.0 Å². The van der Waals surface area contributed by atoms with Gasteiger partial charge in [-0.1, -0.05) is 60.7 Å². The van der Waals surface area contributed by atoms with Crippen LogP contribution in [0.2, 0.25) is 0 Å². The lowest BCUT2D eigenvalue weighted by Crippen LogP contribution is -2.44. The van der Waals surface area contributed by atoms with E-state index in [1.165, 1.54) is 11.8 Å². The molecule has 0 fully saturated rings. The normalized spacial score (nSPS) is 13.3. The third kappa shape index (κ3) is 8.41. The summed E-state index contributed by atoms with van der Waals surface area (Å²) >= 11 is 5.75. The van der Waals surface area contributed by atoms with Crippen molar-refractivity contribution in [3.63, 3.8) is 0 Å². The monoisotopic (exact) mass is 540 g/mol. The van der Waals surface area contributed by atoms with Gasteiger partial charge in [0.05, 0.1) is 11.4 Å². The van der Waals surface area contributed by atoms with Crippen LogP contribution in [0.4, 0.5) is 5.69 Å². The number of carboxylic acids is 1. The summed E-state index contributed by atoms with van der Waals surface area (Å²) in [5.74, 6) is -0.381. The van der Waals surface area contributed by atoms with E-state index in [4.69, 9.17) is 15.5 Å². The van der Waals surface area contributed by atoms with Crippen LogP contribution in [0.15, 0.2) is 72.8 Å². The standard InChI is InChI=1S/C27H32N4O4S2/c1-37-15-14-23(27(33)34)30-25(32)24(19-10-6-3-7-11-19)35-26-22(29-16-20(28)17-36)13-12-21(31-26)18-8-4-2-5-9-18/h2-13,20,23-24,29,36H,14-17,28H2,1H3,(H,30,32)(H,33,34)/t20?,23-,24-/m0/s1. The zero-order valence-corrected chi connectivity index (χ0v) is 22.3. The van der Waals surface area contributed by atoms with Gasteiger partial charge in [0.1, 0.15) is 6.04 Å². The zero-order valence-electron chi connectivity index (χ0n) is 20.5. The highest BCUT2D eigenvalue weighted by Gasteiger charge is 2.29. The molecule has 37 heavy (non-hydrogen) atoms. The van der Waals surface area contributed by atoms with Gasteiger partial charge in [-0.05, 0) is 30.6 Å². The second kappa shape index (κ2) is 14.5. The number of thioether (sulfide) groups is 1. The van der Waals surface area contributed by atoms with Crippen molar-refractivity contribution in [3.8, 4) is 17.1 Å². The van der Waals surface area contributed by atoms with E-state index in [0.29, 0.717) is 41.4 Å². The number of nitrogens with zero attached hydrogens (tertiary/aromatic N) is 1. The predicted octanol–water partition coefficient (Wildman–Crippen LogP) is 3.86. The number of carbonyl (C=O) groups excluding carboxylic acids is 1. The van der Waals surface area contributed by atoms with E-state index >= 15 is 0 Å². The van der Waals surface area contributed by atoms with Gasteiger partial charge in [-0.15, -0.1) is 0 Å². The smallest absolute Gasteiger partial charge is 0.326 e. The molecule has 3 rings (SSSR count). The van der Waals surface area contributed by atoms with Crippen LogP contribution in [-0.4, -0.2) is 58.4 Å². The molecule has 0 saturated heterocycles. The molecule has 1 unspecified atom stereocenters. The minimum Gasteiger partial charge on any atom is -0.480 e. The number of ether oxygens (including phenoxy) is 1. The fraction of sp³-hybridized carbons (Fsp3) is 0.296. The first-order valence-electron chi connectivity index (χ1n) is 11.8. The van der Waals surface area contributed by atoms with E-state index in [2.05, 4.69) is 23.3 Å². The van der Waals surface area contributed by atoms with Gasteiger partial charge in [0.2, 0.25) is 12.0 Å². The molecular weight excluding hydrogens is 508 g/mol. The first-order valence-corrected chi connectivity index (χ1v) is 13.9. The summed E-state index contributed by atoms with van der Waals surface area (Å²) in [6.45, 7) is 0.421. The minimum absolute atomic E-state index is 0.202. The highest BCUT2D eigenvalue weighted by atomic mass is 32.2. The van der Waals surface area contributed by atoms with Crippen LogP contribution in [0.1, 0.15) is 18.1 Å². The topological polar surface area (TPSA) is 127 Å². The Morgan fingerprint density at radius 3 is 2.38 bits per heavy atom. The number of anilines is 1. The summed E-state index contributed by atoms with van der Waals surface area (Å²) in [7, 11) is 0. The van der Waals surface area contributed by atoms with Crippen molar-refractivity contribution in [2.45, 2.75) is 24.6 Å². The molecule has 0 saturated carbocycles. The number of pyridine rings is 1. The van der Waals surface area contributed by atoms with Gasteiger partial charge >= 0.3 is 5.97 Å². The number of hydrogen-bond donors (Lipinski definition) is 5. The molecule has 3 aromatic rings. The van der Waals surface area contributed by atoms with Crippen LogP contribution in [-0.2, 0) is 9.59 Å². The molecule has 1 amide bonds. The number of thiol groups is 1. The van der Waals surface area contributed by atoms with Crippen LogP contribution < -0.4 is 21.1 Å². The molecular formula is C27H32N4O4S2. The lowest BCUT2D eigenvalue weighted by molar-refractivity contribution is -0.143. The first-order chi connectivity index (χ1) is 17.9. The molecule has 196 valence electrons. The van der Waals surface area contributed by atoms with E-state index in [9.17, 15) is 14.7 Å². The Labute approximate surface area is 226 Å². The van der Waals surface area contributed by atoms with Gasteiger partial charge < -0.3 is 26.2 Å². The van der Waals surface area contributed by atoms with Crippen LogP contribution in [0.5, 0.6) is 5.88 Å². The van der Waals surface area contributed by atoms with Crippen molar-refractivity contribution in [1.82, 2.24) is 10.3 Å². The number of carbonyl (C=O) groups is 2. The molecule has 0 bridgehead atoms. The Morgan fingerprint density at radius 1 is 1.08 bits per heavy atom. The molecule has 10 heteroatoms. The van der Waals surface area contributed by atoms with E-state index in [-0.39, 0.29) is 11.9 Å². The summed E-state index contributed by atoms with van der Waals surface area (Å²) in [6, 6.07) is 21.0. The highest BCUT2D eigenvalue weighted by Crippen LogP contribution is 2.31. The Kier molecular flexibility index (Phi) is 11.1. The molecule has 0 aliphatic carbocycles. The lowest BCUT2D eigenvalue weighted by atomic mass is 10.1. The number of amides is 1. The number of benzene rings is 2. The quantitative estimate of drug-likeness (QED) is 0.195. The fourth-order valence-electron chi connectivity index (χ4n) is 3.49. The maximum absolute atomic E-state index is 13.4. The molecule has 0 aliphatic heterocycles. The zero-order chi connectivity index (χ0) is 26.6. The first kappa shape index (κ1) is 28.4. The molecule has 0 spiro atoms. The van der Waals surface area contributed by atoms with Crippen molar-refractivity contribution < 1.29 is 19.4 Å². The molecule has 1 aromatic heterocycles. The Balaban J connectivity index is 1.97. The molecule has 0 aliphatic rings. The average molecular weight is 541 g/mol. The fourth-order valence-corrected chi connectivity index (χ4v) is 4.09. The number of rotatable bonds is 14. The van der Waals surface area contributed by atoms with E-state index in [1.54, 1.807) is 24.3 Å². The maximum atomic E-state index is 13.4. The number of aromatic nitrogens is 1. The summed E-state index contributed by atoms with van der Waals surface area (Å²) in [6.07, 6.45) is 1.05. The van der Waals surface area contributed by atoms with Gasteiger partial charge in [-0.25, -0.2) is 9.78 Å². The Morgan fingerprint density at radius 2 is 1.76 bits per heavy atom. The molecule has 2 aromatic carbocycles. The maximum Gasteiger partial charge on any atom is 0.326 e. The van der Waals surface area contributed by atoms with Crippen molar-refractivity contribution in [1.29, 1.82) is 0 Å². The van der Waals surface area contributed by atoms with E-state index < -0.39 is 24.0 Å². The van der Waals surface area contributed by atoms with Crippen LogP contribution in [0.25, 0.3) is 11.3 Å². The highest BCUT2D eigenvalue weighted by molar-refractivity contribution is 7.98. The number of hydrogen-bond acceptors (Lipinski definition) is 8. The molecule has 5 N–H and O–H groups in total. The minimum atomic E-state index is -1.13. The van der Waals surface area contributed by atoms with Gasteiger partial charge in [0.25, 0.3) is 5.91 Å². The molecule has 3 atom stereocenters. The second-order valence-electron chi connectivity index (χ2n) is 8.33. The van der Waals surface area contributed by atoms with Gasteiger partial charge in [-0.3, -0.25) is 4.79 Å².